The maximum Gasteiger partial charge on any atom is 0.142 e. The zero-order valence-electron chi connectivity index (χ0n) is 11.4. The highest BCUT2D eigenvalue weighted by Crippen LogP contribution is 2.28. The third-order valence-electron chi connectivity index (χ3n) is 3.38. The molecule has 2 aromatic heterocycles. The Hall–Kier alpha value is -1.26. The average Bonchev–Trinajstić information content (AvgIpc) is 3.15. The summed E-state index contributed by atoms with van der Waals surface area (Å²) >= 11 is 1.78. The first-order chi connectivity index (χ1) is 9.26. The van der Waals surface area contributed by atoms with Gasteiger partial charge in [0, 0.05) is 23.7 Å². The van der Waals surface area contributed by atoms with Crippen molar-refractivity contribution in [2.24, 2.45) is 0 Å². The molecule has 19 heavy (non-hydrogen) atoms. The first-order valence-electron chi connectivity index (χ1n) is 6.91. The number of rotatable bonds is 5. The fourth-order valence-corrected chi connectivity index (χ4v) is 3.15. The Morgan fingerprint density at radius 3 is 2.95 bits per heavy atom. The quantitative estimate of drug-likeness (QED) is 0.908. The summed E-state index contributed by atoms with van der Waals surface area (Å²) in [6.45, 7) is 5.22. The molecule has 0 aliphatic heterocycles. The van der Waals surface area contributed by atoms with Crippen LogP contribution in [0.25, 0.3) is 10.7 Å². The van der Waals surface area contributed by atoms with E-state index in [4.69, 9.17) is 4.98 Å². The van der Waals surface area contributed by atoms with Gasteiger partial charge in [0.2, 0.25) is 0 Å². The Morgan fingerprint density at radius 2 is 2.26 bits per heavy atom. The molecule has 4 heteroatoms. The molecule has 100 valence electrons. The molecule has 0 radical (unpaired) electrons. The van der Waals surface area contributed by atoms with Crippen molar-refractivity contribution in [2.75, 3.05) is 0 Å². The van der Waals surface area contributed by atoms with Gasteiger partial charge >= 0.3 is 0 Å². The minimum absolute atomic E-state index is 0.743. The SMILES string of the molecule is CCc1nc(-c2cc(C)ccn2)sc1CNC1CC1. The normalized spacial score (nSPS) is 14.8. The maximum atomic E-state index is 4.75. The van der Waals surface area contributed by atoms with E-state index in [-0.39, 0.29) is 0 Å². The van der Waals surface area contributed by atoms with Crippen LogP contribution < -0.4 is 5.32 Å². The van der Waals surface area contributed by atoms with Crippen molar-refractivity contribution in [1.82, 2.24) is 15.3 Å². The summed E-state index contributed by atoms with van der Waals surface area (Å²) in [6, 6.07) is 4.87. The monoisotopic (exact) mass is 273 g/mol. The Labute approximate surface area is 118 Å². The molecular formula is C15H19N3S. The summed E-state index contributed by atoms with van der Waals surface area (Å²) in [5, 5.41) is 4.62. The highest BCUT2D eigenvalue weighted by atomic mass is 32.1. The lowest BCUT2D eigenvalue weighted by atomic mass is 10.2. The number of hydrogen-bond donors (Lipinski definition) is 1. The molecule has 0 aromatic carbocycles. The summed E-state index contributed by atoms with van der Waals surface area (Å²) in [5.74, 6) is 0. The van der Waals surface area contributed by atoms with Gasteiger partial charge in [0.05, 0.1) is 11.4 Å². The second-order valence-electron chi connectivity index (χ2n) is 5.12. The molecule has 1 fully saturated rings. The van der Waals surface area contributed by atoms with E-state index in [1.807, 2.05) is 12.3 Å². The summed E-state index contributed by atoms with van der Waals surface area (Å²) in [6.07, 6.45) is 5.50. The van der Waals surface area contributed by atoms with Crippen molar-refractivity contribution < 1.29 is 0 Å². The number of nitrogens with zero attached hydrogens (tertiary/aromatic N) is 2. The van der Waals surface area contributed by atoms with E-state index >= 15 is 0 Å². The van der Waals surface area contributed by atoms with Crippen LogP contribution in [-0.4, -0.2) is 16.0 Å². The lowest BCUT2D eigenvalue weighted by Gasteiger charge is -2.00. The Balaban J connectivity index is 1.85. The second kappa shape index (κ2) is 5.39. The van der Waals surface area contributed by atoms with Crippen LogP contribution in [0.1, 0.15) is 35.9 Å². The van der Waals surface area contributed by atoms with Gasteiger partial charge in [-0.15, -0.1) is 11.3 Å². The first kappa shape index (κ1) is 12.8. The van der Waals surface area contributed by atoms with Crippen molar-refractivity contribution in [3.05, 3.63) is 34.5 Å². The smallest absolute Gasteiger partial charge is 0.142 e. The van der Waals surface area contributed by atoms with Crippen LogP contribution in [0.3, 0.4) is 0 Å². The minimum Gasteiger partial charge on any atom is -0.309 e. The highest BCUT2D eigenvalue weighted by Gasteiger charge is 2.21. The predicted octanol–water partition coefficient (Wildman–Crippen LogP) is 3.33. The number of nitrogens with one attached hydrogen (secondary N) is 1. The zero-order valence-corrected chi connectivity index (χ0v) is 12.3. The van der Waals surface area contributed by atoms with E-state index in [9.17, 15) is 0 Å². The summed E-state index contributed by atoms with van der Waals surface area (Å²) in [4.78, 5) is 10.6. The van der Waals surface area contributed by atoms with Crippen LogP contribution in [0.15, 0.2) is 18.3 Å². The molecule has 2 aromatic rings. The average molecular weight is 273 g/mol. The molecule has 2 heterocycles. The van der Waals surface area contributed by atoms with Crippen molar-refractivity contribution in [2.45, 2.75) is 45.7 Å². The van der Waals surface area contributed by atoms with E-state index in [2.05, 4.69) is 30.2 Å². The van der Waals surface area contributed by atoms with Crippen molar-refractivity contribution in [1.29, 1.82) is 0 Å². The fourth-order valence-electron chi connectivity index (χ4n) is 2.08. The standard InChI is InChI=1S/C15H19N3S/c1-3-12-14(9-17-11-4-5-11)19-15(18-12)13-8-10(2)6-7-16-13/h6-8,11,17H,3-5,9H2,1-2H3. The zero-order chi connectivity index (χ0) is 13.2. The van der Waals surface area contributed by atoms with Crippen molar-refractivity contribution >= 4 is 11.3 Å². The third kappa shape index (κ3) is 3.01. The highest BCUT2D eigenvalue weighted by molar-refractivity contribution is 7.15. The summed E-state index contributed by atoms with van der Waals surface area (Å²) < 4.78 is 0. The molecular weight excluding hydrogens is 254 g/mol. The molecule has 0 atom stereocenters. The number of aromatic nitrogens is 2. The predicted molar refractivity (Wildman–Crippen MR) is 79.3 cm³/mol. The summed E-state index contributed by atoms with van der Waals surface area (Å²) in [7, 11) is 0. The molecule has 1 aliphatic carbocycles. The lowest BCUT2D eigenvalue weighted by Crippen LogP contribution is -2.15. The molecule has 1 aliphatic rings. The van der Waals surface area contributed by atoms with E-state index in [1.165, 1.54) is 29.0 Å². The Morgan fingerprint density at radius 1 is 1.42 bits per heavy atom. The van der Waals surface area contributed by atoms with Crippen LogP contribution in [0.5, 0.6) is 0 Å². The molecule has 3 nitrogen and oxygen atoms in total. The molecule has 1 N–H and O–H groups in total. The maximum absolute atomic E-state index is 4.75. The van der Waals surface area contributed by atoms with Gasteiger partial charge in [-0.25, -0.2) is 4.98 Å². The Bertz CT molecular complexity index is 573. The van der Waals surface area contributed by atoms with Crippen LogP contribution >= 0.6 is 11.3 Å². The molecule has 0 amide bonds. The van der Waals surface area contributed by atoms with Crippen LogP contribution in [0.2, 0.25) is 0 Å². The van der Waals surface area contributed by atoms with Crippen LogP contribution in [-0.2, 0) is 13.0 Å². The minimum atomic E-state index is 0.743. The molecule has 0 spiro atoms. The van der Waals surface area contributed by atoms with Crippen molar-refractivity contribution in [3.8, 4) is 10.7 Å². The van der Waals surface area contributed by atoms with Crippen LogP contribution in [0.4, 0.5) is 0 Å². The van der Waals surface area contributed by atoms with Gasteiger partial charge in [-0.05, 0) is 43.9 Å². The molecule has 0 bridgehead atoms. The topological polar surface area (TPSA) is 37.8 Å². The molecule has 0 saturated heterocycles. The molecule has 3 rings (SSSR count). The summed E-state index contributed by atoms with van der Waals surface area (Å²) in [5.41, 5.74) is 3.45. The van der Waals surface area contributed by atoms with Gasteiger partial charge in [-0.1, -0.05) is 6.92 Å². The van der Waals surface area contributed by atoms with E-state index < -0.39 is 0 Å². The number of pyridine rings is 1. The van der Waals surface area contributed by atoms with E-state index in [0.717, 1.165) is 29.7 Å². The van der Waals surface area contributed by atoms with E-state index in [0.29, 0.717) is 0 Å². The number of aryl methyl sites for hydroxylation is 2. The van der Waals surface area contributed by atoms with Gasteiger partial charge in [0.25, 0.3) is 0 Å². The van der Waals surface area contributed by atoms with E-state index in [1.54, 1.807) is 11.3 Å². The van der Waals surface area contributed by atoms with Crippen molar-refractivity contribution in [3.63, 3.8) is 0 Å². The van der Waals surface area contributed by atoms with Gasteiger partial charge in [-0.3, -0.25) is 4.98 Å². The van der Waals surface area contributed by atoms with Crippen LogP contribution in [0, 0.1) is 6.92 Å². The first-order valence-corrected chi connectivity index (χ1v) is 7.73. The van der Waals surface area contributed by atoms with Gasteiger partial charge in [-0.2, -0.15) is 0 Å². The molecule has 1 saturated carbocycles. The lowest BCUT2D eigenvalue weighted by molar-refractivity contribution is 0.689. The largest absolute Gasteiger partial charge is 0.309 e. The molecule has 0 unspecified atom stereocenters. The van der Waals surface area contributed by atoms with Gasteiger partial charge in [0.15, 0.2) is 0 Å². The fraction of sp³-hybridized carbons (Fsp3) is 0.467. The van der Waals surface area contributed by atoms with Gasteiger partial charge in [0.1, 0.15) is 5.01 Å². The number of thiazole rings is 1. The number of hydrogen-bond acceptors (Lipinski definition) is 4. The van der Waals surface area contributed by atoms with Gasteiger partial charge < -0.3 is 5.32 Å². The third-order valence-corrected chi connectivity index (χ3v) is 4.50. The second-order valence-corrected chi connectivity index (χ2v) is 6.20. The Kier molecular flexibility index (Phi) is 3.62.